The van der Waals surface area contributed by atoms with Crippen molar-refractivity contribution >= 4 is 5.91 Å². The van der Waals surface area contributed by atoms with E-state index >= 15 is 0 Å². The lowest BCUT2D eigenvalue weighted by Crippen LogP contribution is -2.24. The van der Waals surface area contributed by atoms with E-state index in [1.807, 2.05) is 24.3 Å². The van der Waals surface area contributed by atoms with Gasteiger partial charge in [-0.1, -0.05) is 18.2 Å². The number of nitrogens with one attached hydrogen (secondary N) is 1. The minimum atomic E-state index is -0.239. The molecule has 1 amide bonds. The first-order valence-corrected chi connectivity index (χ1v) is 5.03. The highest BCUT2D eigenvalue weighted by atomic mass is 16.5. The number of nitriles is 1. The van der Waals surface area contributed by atoms with Crippen LogP contribution < -0.4 is 10.1 Å². The van der Waals surface area contributed by atoms with Gasteiger partial charge in [0.25, 0.3) is 0 Å². The molecule has 0 aromatic heterocycles. The molecule has 16 heavy (non-hydrogen) atoms. The fraction of sp³-hybridized carbons (Fsp3) is 0.333. The summed E-state index contributed by atoms with van der Waals surface area (Å²) in [6, 6.07) is 9.46. The third-order valence-electron chi connectivity index (χ3n) is 2.15. The fourth-order valence-corrected chi connectivity index (χ4v) is 1.38. The van der Waals surface area contributed by atoms with Crippen LogP contribution in [-0.2, 0) is 11.2 Å². The average Bonchev–Trinajstić information content (AvgIpc) is 2.30. The summed E-state index contributed by atoms with van der Waals surface area (Å²) < 4.78 is 5.19. The van der Waals surface area contributed by atoms with Crippen LogP contribution >= 0.6 is 0 Å². The van der Waals surface area contributed by atoms with Crippen LogP contribution in [0.4, 0.5) is 0 Å². The minimum Gasteiger partial charge on any atom is -0.496 e. The lowest BCUT2D eigenvalue weighted by atomic mass is 10.1. The van der Waals surface area contributed by atoms with E-state index in [1.165, 1.54) is 0 Å². The van der Waals surface area contributed by atoms with Crippen LogP contribution in [0.2, 0.25) is 0 Å². The van der Waals surface area contributed by atoms with Crippen LogP contribution in [-0.4, -0.2) is 19.6 Å². The van der Waals surface area contributed by atoms with Gasteiger partial charge < -0.3 is 10.1 Å². The van der Waals surface area contributed by atoms with Crippen LogP contribution in [0, 0.1) is 11.3 Å². The highest BCUT2D eigenvalue weighted by Crippen LogP contribution is 2.17. The molecular weight excluding hydrogens is 204 g/mol. The van der Waals surface area contributed by atoms with Crippen LogP contribution in [0.3, 0.4) is 0 Å². The number of methoxy groups -OCH3 is 1. The molecule has 1 aromatic rings. The van der Waals surface area contributed by atoms with Gasteiger partial charge in [-0.15, -0.1) is 0 Å². The zero-order chi connectivity index (χ0) is 11.8. The van der Waals surface area contributed by atoms with Gasteiger partial charge in [-0.2, -0.15) is 5.26 Å². The highest BCUT2D eigenvalue weighted by molar-refractivity contribution is 5.77. The predicted molar refractivity (Wildman–Crippen MR) is 59.9 cm³/mol. The van der Waals surface area contributed by atoms with Gasteiger partial charge in [-0.25, -0.2) is 0 Å². The van der Waals surface area contributed by atoms with Crippen molar-refractivity contribution in [1.82, 2.24) is 5.32 Å². The second-order valence-electron chi connectivity index (χ2n) is 3.25. The summed E-state index contributed by atoms with van der Waals surface area (Å²) in [6.07, 6.45) is 0.604. The monoisotopic (exact) mass is 218 g/mol. The maximum absolute atomic E-state index is 11.0. The second kappa shape index (κ2) is 6.46. The van der Waals surface area contributed by atoms with Crippen LogP contribution in [0.15, 0.2) is 24.3 Å². The Kier molecular flexibility index (Phi) is 4.87. The van der Waals surface area contributed by atoms with Gasteiger partial charge in [0.2, 0.25) is 5.91 Å². The smallest absolute Gasteiger partial charge is 0.234 e. The largest absolute Gasteiger partial charge is 0.496 e. The number of hydrogen-bond acceptors (Lipinski definition) is 3. The molecule has 1 aromatic carbocycles. The molecule has 0 bridgehead atoms. The molecule has 0 radical (unpaired) electrons. The first-order chi connectivity index (χ1) is 7.77. The molecule has 0 heterocycles. The summed E-state index contributed by atoms with van der Waals surface area (Å²) in [6.45, 7) is 0.515. The van der Waals surface area contributed by atoms with Crippen LogP contribution in [0.25, 0.3) is 0 Å². The number of nitrogens with zero attached hydrogens (tertiary/aromatic N) is 1. The van der Waals surface area contributed by atoms with E-state index in [9.17, 15) is 4.79 Å². The van der Waals surface area contributed by atoms with Gasteiger partial charge in [0, 0.05) is 6.54 Å². The van der Waals surface area contributed by atoms with E-state index < -0.39 is 0 Å². The van der Waals surface area contributed by atoms with Gasteiger partial charge >= 0.3 is 0 Å². The SMILES string of the molecule is COc1ccccc1CCNC(=O)CC#N. The Morgan fingerprint density at radius 2 is 2.25 bits per heavy atom. The zero-order valence-corrected chi connectivity index (χ0v) is 9.19. The number of rotatable bonds is 5. The Hall–Kier alpha value is -2.02. The molecule has 4 nitrogen and oxygen atoms in total. The summed E-state index contributed by atoms with van der Waals surface area (Å²) in [4.78, 5) is 11.0. The standard InChI is InChI=1S/C12H14N2O2/c1-16-11-5-3-2-4-10(11)7-9-14-12(15)6-8-13/h2-5H,6-7,9H2,1H3,(H,14,15). The van der Waals surface area contributed by atoms with E-state index in [-0.39, 0.29) is 12.3 Å². The molecule has 0 atom stereocenters. The molecular formula is C12H14N2O2. The number of hydrogen-bond donors (Lipinski definition) is 1. The fourth-order valence-electron chi connectivity index (χ4n) is 1.38. The topological polar surface area (TPSA) is 62.1 Å². The minimum absolute atomic E-state index is 0.0913. The van der Waals surface area contributed by atoms with E-state index in [4.69, 9.17) is 10.00 Å². The molecule has 4 heteroatoms. The summed E-state index contributed by atoms with van der Waals surface area (Å²) in [5.74, 6) is 0.578. The maximum atomic E-state index is 11.0. The van der Waals surface area contributed by atoms with Gasteiger partial charge in [0.1, 0.15) is 12.2 Å². The molecule has 0 unspecified atom stereocenters. The molecule has 0 spiro atoms. The lowest BCUT2D eigenvalue weighted by Gasteiger charge is -2.08. The molecule has 0 aliphatic rings. The Morgan fingerprint density at radius 3 is 2.94 bits per heavy atom. The summed E-state index contributed by atoms with van der Waals surface area (Å²) >= 11 is 0. The normalized spacial score (nSPS) is 9.25. The number of amides is 1. The third-order valence-corrected chi connectivity index (χ3v) is 2.15. The van der Waals surface area contributed by atoms with E-state index in [0.717, 1.165) is 11.3 Å². The quantitative estimate of drug-likeness (QED) is 0.809. The highest BCUT2D eigenvalue weighted by Gasteiger charge is 2.02. The maximum Gasteiger partial charge on any atom is 0.234 e. The molecule has 84 valence electrons. The van der Waals surface area contributed by atoms with Crippen molar-refractivity contribution in [3.63, 3.8) is 0 Å². The first-order valence-electron chi connectivity index (χ1n) is 5.03. The molecule has 0 aliphatic carbocycles. The summed E-state index contributed by atoms with van der Waals surface area (Å²) in [5.41, 5.74) is 1.04. The Labute approximate surface area is 94.8 Å². The second-order valence-corrected chi connectivity index (χ2v) is 3.25. The Bertz CT molecular complexity index is 396. The van der Waals surface area contributed by atoms with Crippen molar-refractivity contribution in [2.75, 3.05) is 13.7 Å². The summed E-state index contributed by atoms with van der Waals surface area (Å²) in [5, 5.41) is 11.0. The number of ether oxygens (including phenoxy) is 1. The van der Waals surface area contributed by atoms with E-state index in [0.29, 0.717) is 13.0 Å². The van der Waals surface area contributed by atoms with Gasteiger partial charge in [-0.3, -0.25) is 4.79 Å². The van der Waals surface area contributed by atoms with E-state index in [1.54, 1.807) is 13.2 Å². The number of benzene rings is 1. The van der Waals surface area contributed by atoms with Crippen molar-refractivity contribution < 1.29 is 9.53 Å². The number of carbonyl (C=O) groups excluding carboxylic acids is 1. The zero-order valence-electron chi connectivity index (χ0n) is 9.19. The van der Waals surface area contributed by atoms with E-state index in [2.05, 4.69) is 5.32 Å². The van der Waals surface area contributed by atoms with Crippen LogP contribution in [0.5, 0.6) is 5.75 Å². The van der Waals surface area contributed by atoms with Gasteiger partial charge in [-0.05, 0) is 18.1 Å². The number of carbonyl (C=O) groups is 1. The first kappa shape index (κ1) is 12.1. The molecule has 0 saturated heterocycles. The molecule has 0 aliphatic heterocycles. The number of para-hydroxylation sites is 1. The van der Waals surface area contributed by atoms with Crippen molar-refractivity contribution in [2.45, 2.75) is 12.8 Å². The van der Waals surface area contributed by atoms with Crippen molar-refractivity contribution in [3.8, 4) is 11.8 Å². The molecule has 0 fully saturated rings. The Balaban J connectivity index is 2.43. The van der Waals surface area contributed by atoms with Crippen molar-refractivity contribution in [1.29, 1.82) is 5.26 Å². The molecule has 1 rings (SSSR count). The Morgan fingerprint density at radius 1 is 1.50 bits per heavy atom. The van der Waals surface area contributed by atoms with Crippen LogP contribution in [0.1, 0.15) is 12.0 Å². The van der Waals surface area contributed by atoms with Gasteiger partial charge in [0.05, 0.1) is 13.2 Å². The van der Waals surface area contributed by atoms with Gasteiger partial charge in [0.15, 0.2) is 0 Å². The summed E-state index contributed by atoms with van der Waals surface area (Å²) in [7, 11) is 1.62. The molecule has 1 N–H and O–H groups in total. The lowest BCUT2D eigenvalue weighted by molar-refractivity contribution is -0.120. The third kappa shape index (κ3) is 3.62. The van der Waals surface area contributed by atoms with Crippen molar-refractivity contribution in [3.05, 3.63) is 29.8 Å². The van der Waals surface area contributed by atoms with Crippen molar-refractivity contribution in [2.24, 2.45) is 0 Å². The predicted octanol–water partition coefficient (Wildman–Crippen LogP) is 1.27. The average molecular weight is 218 g/mol. The molecule has 0 saturated carbocycles.